The van der Waals surface area contributed by atoms with E-state index in [9.17, 15) is 9.59 Å². The molecule has 1 aromatic heterocycles. The van der Waals surface area contributed by atoms with Crippen molar-refractivity contribution in [2.75, 3.05) is 20.3 Å². The Bertz CT molecular complexity index is 1220. The van der Waals surface area contributed by atoms with E-state index in [1.54, 1.807) is 6.20 Å². The molecule has 0 saturated heterocycles. The van der Waals surface area contributed by atoms with Crippen LogP contribution in [0.15, 0.2) is 42.6 Å². The van der Waals surface area contributed by atoms with Crippen LogP contribution in [0.5, 0.6) is 0 Å². The van der Waals surface area contributed by atoms with Crippen LogP contribution < -0.4 is 5.32 Å². The van der Waals surface area contributed by atoms with Crippen LogP contribution >= 0.6 is 11.6 Å². The third-order valence-electron chi connectivity index (χ3n) is 6.21. The van der Waals surface area contributed by atoms with Crippen molar-refractivity contribution >= 4 is 34.6 Å². The first-order chi connectivity index (χ1) is 16.6. The highest BCUT2D eigenvalue weighted by atomic mass is 35.5. The highest BCUT2D eigenvalue weighted by molar-refractivity contribution is 6.34. The summed E-state index contributed by atoms with van der Waals surface area (Å²) in [5.41, 5.74) is 3.24. The number of esters is 1. The van der Waals surface area contributed by atoms with Crippen molar-refractivity contribution in [1.82, 2.24) is 10.3 Å². The summed E-state index contributed by atoms with van der Waals surface area (Å²) >= 11 is 6.57. The number of halogens is 1. The lowest BCUT2D eigenvalue weighted by molar-refractivity contribution is -0.105. The molecule has 1 amide bonds. The van der Waals surface area contributed by atoms with Crippen LogP contribution in [0.3, 0.4) is 0 Å². The summed E-state index contributed by atoms with van der Waals surface area (Å²) < 4.78 is 16.4. The van der Waals surface area contributed by atoms with Gasteiger partial charge in [0.1, 0.15) is 5.60 Å². The van der Waals surface area contributed by atoms with E-state index in [-0.39, 0.29) is 5.60 Å². The first kappa shape index (κ1) is 25.1. The molecular formula is C27H31ClN2O5. The number of carbonyl (C=O) groups excluding carboxylic acids is 2. The molecule has 0 unspecified atom stereocenters. The summed E-state index contributed by atoms with van der Waals surface area (Å²) in [6.45, 7) is 6.27. The Kier molecular flexibility index (Phi) is 7.10. The van der Waals surface area contributed by atoms with Crippen molar-refractivity contribution in [3.63, 3.8) is 0 Å². The van der Waals surface area contributed by atoms with Crippen LogP contribution in [0, 0.1) is 0 Å². The van der Waals surface area contributed by atoms with Gasteiger partial charge in [-0.15, -0.1) is 0 Å². The SMILES string of the molecule is COC(=O)c1c[nH]c2cc(Cl)c(-c3ccc(C4(OCCNC(=O)OC(C)(C)C)CCC4)cc3)cc12. The molecule has 35 heavy (non-hydrogen) atoms. The highest BCUT2D eigenvalue weighted by Gasteiger charge is 2.39. The summed E-state index contributed by atoms with van der Waals surface area (Å²) in [5.74, 6) is -0.398. The second-order valence-corrected chi connectivity index (χ2v) is 10.2. The number of hydrogen-bond acceptors (Lipinski definition) is 5. The molecule has 186 valence electrons. The normalized spacial score (nSPS) is 14.9. The van der Waals surface area contributed by atoms with Crippen LogP contribution in [0.2, 0.25) is 5.02 Å². The van der Waals surface area contributed by atoms with Crippen molar-refractivity contribution in [3.8, 4) is 11.1 Å². The first-order valence-corrected chi connectivity index (χ1v) is 12.1. The second-order valence-electron chi connectivity index (χ2n) is 9.77. The number of alkyl carbamates (subject to hydrolysis) is 1. The zero-order chi connectivity index (χ0) is 25.2. The maximum Gasteiger partial charge on any atom is 0.407 e. The maximum absolute atomic E-state index is 12.1. The average molecular weight is 499 g/mol. The van der Waals surface area contributed by atoms with Gasteiger partial charge in [0.25, 0.3) is 0 Å². The summed E-state index contributed by atoms with van der Waals surface area (Å²) in [6.07, 6.45) is 4.14. The molecule has 3 aromatic rings. The number of ether oxygens (including phenoxy) is 3. The number of rotatable bonds is 7. The Morgan fingerprint density at radius 3 is 2.46 bits per heavy atom. The lowest BCUT2D eigenvalue weighted by Gasteiger charge is -2.42. The Labute approximate surface area is 210 Å². The smallest absolute Gasteiger partial charge is 0.407 e. The molecule has 1 aliphatic carbocycles. The molecule has 0 radical (unpaired) electrons. The van der Waals surface area contributed by atoms with Gasteiger partial charge < -0.3 is 24.5 Å². The number of nitrogens with one attached hydrogen (secondary N) is 2. The van der Waals surface area contributed by atoms with Crippen LogP contribution in [-0.4, -0.2) is 42.9 Å². The molecule has 1 fully saturated rings. The third-order valence-corrected chi connectivity index (χ3v) is 6.52. The summed E-state index contributed by atoms with van der Waals surface area (Å²) in [5, 5.41) is 4.09. The van der Waals surface area contributed by atoms with E-state index >= 15 is 0 Å². The molecule has 0 atom stereocenters. The molecule has 1 saturated carbocycles. The third kappa shape index (κ3) is 5.46. The van der Waals surface area contributed by atoms with E-state index in [0.29, 0.717) is 23.7 Å². The molecule has 1 aliphatic rings. The maximum atomic E-state index is 12.1. The zero-order valence-corrected chi connectivity index (χ0v) is 21.3. The minimum atomic E-state index is -0.530. The van der Waals surface area contributed by atoms with Gasteiger partial charge in [0.2, 0.25) is 0 Å². The van der Waals surface area contributed by atoms with Gasteiger partial charge >= 0.3 is 12.1 Å². The number of amides is 1. The number of aromatic amines is 1. The Morgan fingerprint density at radius 1 is 1.14 bits per heavy atom. The number of methoxy groups -OCH3 is 1. The molecular weight excluding hydrogens is 468 g/mol. The monoisotopic (exact) mass is 498 g/mol. The van der Waals surface area contributed by atoms with Crippen molar-refractivity contribution in [2.24, 2.45) is 0 Å². The molecule has 0 spiro atoms. The van der Waals surface area contributed by atoms with Crippen LogP contribution in [0.25, 0.3) is 22.0 Å². The fourth-order valence-electron chi connectivity index (χ4n) is 4.32. The van der Waals surface area contributed by atoms with E-state index in [2.05, 4.69) is 22.4 Å². The number of hydrogen-bond donors (Lipinski definition) is 2. The topological polar surface area (TPSA) is 89.7 Å². The van der Waals surface area contributed by atoms with Crippen LogP contribution in [0.4, 0.5) is 4.79 Å². The van der Waals surface area contributed by atoms with Gasteiger partial charge in [-0.3, -0.25) is 0 Å². The van der Waals surface area contributed by atoms with E-state index in [4.69, 9.17) is 25.8 Å². The molecule has 0 aliphatic heterocycles. The van der Waals surface area contributed by atoms with E-state index in [1.807, 2.05) is 45.0 Å². The molecule has 1 heterocycles. The van der Waals surface area contributed by atoms with Crippen molar-refractivity contribution in [1.29, 1.82) is 0 Å². The Hall–Kier alpha value is -3.03. The highest BCUT2D eigenvalue weighted by Crippen LogP contribution is 2.45. The first-order valence-electron chi connectivity index (χ1n) is 11.7. The second kappa shape index (κ2) is 9.91. The summed E-state index contributed by atoms with van der Waals surface area (Å²) in [6, 6.07) is 11.9. The van der Waals surface area contributed by atoms with Crippen molar-refractivity contribution < 1.29 is 23.8 Å². The average Bonchev–Trinajstić information content (AvgIpc) is 3.18. The predicted octanol–water partition coefficient (Wildman–Crippen LogP) is 6.20. The molecule has 4 rings (SSSR count). The summed E-state index contributed by atoms with van der Waals surface area (Å²) in [4.78, 5) is 27.0. The predicted molar refractivity (Wildman–Crippen MR) is 136 cm³/mol. The minimum absolute atomic E-state index is 0.347. The van der Waals surface area contributed by atoms with Gasteiger partial charge in [-0.25, -0.2) is 9.59 Å². The summed E-state index contributed by atoms with van der Waals surface area (Å²) in [7, 11) is 1.36. The number of H-pyrrole nitrogens is 1. The number of fused-ring (bicyclic) bond motifs is 1. The number of carbonyl (C=O) groups is 2. The fourth-order valence-corrected chi connectivity index (χ4v) is 4.60. The number of aromatic nitrogens is 1. The lowest BCUT2D eigenvalue weighted by atomic mass is 9.74. The standard InChI is InChI=1S/C27H31ClN2O5/c1-26(2,3)35-25(32)29-12-13-34-27(10-5-11-27)18-8-6-17(7-9-18)19-14-20-21(24(31)33-4)16-30-23(20)15-22(19)28/h6-9,14-16,30H,5,10-13H2,1-4H3,(H,29,32). The Morgan fingerprint density at radius 2 is 1.86 bits per heavy atom. The van der Waals surface area contributed by atoms with Gasteiger partial charge in [0.05, 0.1) is 29.9 Å². The van der Waals surface area contributed by atoms with Crippen molar-refractivity contribution in [2.45, 2.75) is 51.2 Å². The van der Waals surface area contributed by atoms with E-state index in [1.165, 1.54) is 7.11 Å². The molecule has 7 nitrogen and oxygen atoms in total. The Balaban J connectivity index is 1.47. The lowest BCUT2D eigenvalue weighted by Crippen LogP contribution is -2.40. The van der Waals surface area contributed by atoms with Gasteiger partial charge in [0, 0.05) is 29.2 Å². The zero-order valence-electron chi connectivity index (χ0n) is 20.5. The quantitative estimate of drug-likeness (QED) is 0.299. The fraction of sp³-hybridized carbons (Fsp3) is 0.407. The van der Waals surface area contributed by atoms with Gasteiger partial charge in [-0.1, -0.05) is 35.9 Å². The molecule has 2 N–H and O–H groups in total. The van der Waals surface area contributed by atoms with Gasteiger partial charge in [0.15, 0.2) is 0 Å². The van der Waals surface area contributed by atoms with Crippen molar-refractivity contribution in [3.05, 3.63) is 58.7 Å². The number of benzene rings is 2. The van der Waals surface area contributed by atoms with E-state index in [0.717, 1.165) is 46.9 Å². The van der Waals surface area contributed by atoms with Gasteiger partial charge in [-0.05, 0) is 63.3 Å². The molecule has 0 bridgehead atoms. The largest absolute Gasteiger partial charge is 0.465 e. The molecule has 8 heteroatoms. The van der Waals surface area contributed by atoms with Crippen LogP contribution in [-0.2, 0) is 19.8 Å². The van der Waals surface area contributed by atoms with Crippen LogP contribution in [0.1, 0.15) is 56.0 Å². The van der Waals surface area contributed by atoms with Gasteiger partial charge in [-0.2, -0.15) is 0 Å². The van der Waals surface area contributed by atoms with E-state index < -0.39 is 17.7 Å². The molecule has 2 aromatic carbocycles. The minimum Gasteiger partial charge on any atom is -0.465 e.